The minimum absolute atomic E-state index is 0.197. The van der Waals surface area contributed by atoms with Crippen molar-refractivity contribution in [2.24, 2.45) is 0 Å². The zero-order valence-electron chi connectivity index (χ0n) is 9.64. The molecule has 0 aliphatic carbocycles. The number of hydrogen-bond acceptors (Lipinski definition) is 2. The van der Waals surface area contributed by atoms with Gasteiger partial charge in [-0.15, -0.1) is 6.58 Å². The van der Waals surface area contributed by atoms with E-state index < -0.39 is 0 Å². The highest BCUT2D eigenvalue weighted by Crippen LogP contribution is 2.18. The fourth-order valence-corrected chi connectivity index (χ4v) is 1.76. The molecule has 0 atom stereocenters. The summed E-state index contributed by atoms with van der Waals surface area (Å²) in [6.07, 6.45) is 6.52. The minimum atomic E-state index is -0.197. The number of rotatable bonds is 4. The number of fused-ring (bicyclic) bond motifs is 1. The number of imidazole rings is 1. The molecule has 4 nitrogen and oxygen atoms in total. The third-order valence-electron chi connectivity index (χ3n) is 2.34. The third-order valence-corrected chi connectivity index (χ3v) is 2.61. The molecule has 0 unspecified atom stereocenters. The molecule has 0 saturated carbocycles. The molecule has 5 heteroatoms. The summed E-state index contributed by atoms with van der Waals surface area (Å²) in [7, 11) is 0. The van der Waals surface area contributed by atoms with Crippen LogP contribution in [0.4, 0.5) is 0 Å². The van der Waals surface area contributed by atoms with Gasteiger partial charge in [0.15, 0.2) is 5.15 Å². The third kappa shape index (κ3) is 2.60. The first-order chi connectivity index (χ1) is 8.72. The van der Waals surface area contributed by atoms with Crippen LogP contribution < -0.4 is 5.32 Å². The topological polar surface area (TPSA) is 46.4 Å². The summed E-state index contributed by atoms with van der Waals surface area (Å²) in [5, 5.41) is 3.02. The second-order valence-corrected chi connectivity index (χ2v) is 3.94. The molecule has 18 heavy (non-hydrogen) atoms. The van der Waals surface area contributed by atoms with Crippen molar-refractivity contribution in [3.63, 3.8) is 0 Å². The Balaban J connectivity index is 2.26. The maximum Gasteiger partial charge on any atom is 0.244 e. The van der Waals surface area contributed by atoms with Crippen molar-refractivity contribution in [2.75, 3.05) is 6.54 Å². The molecular formula is C13H12ClN3O. The zero-order valence-corrected chi connectivity index (χ0v) is 10.4. The molecular weight excluding hydrogens is 250 g/mol. The van der Waals surface area contributed by atoms with E-state index in [4.69, 9.17) is 11.6 Å². The van der Waals surface area contributed by atoms with Crippen LogP contribution in [0.1, 0.15) is 5.69 Å². The van der Waals surface area contributed by atoms with Crippen molar-refractivity contribution in [1.29, 1.82) is 0 Å². The van der Waals surface area contributed by atoms with E-state index in [0.29, 0.717) is 17.4 Å². The lowest BCUT2D eigenvalue weighted by Crippen LogP contribution is -2.20. The van der Waals surface area contributed by atoms with Gasteiger partial charge < -0.3 is 5.32 Å². The molecule has 2 rings (SSSR count). The number of carbonyl (C=O) groups excluding carboxylic acids is 1. The quantitative estimate of drug-likeness (QED) is 0.678. The average Bonchev–Trinajstić information content (AvgIpc) is 2.69. The van der Waals surface area contributed by atoms with Gasteiger partial charge in [0, 0.05) is 18.8 Å². The fraction of sp³-hybridized carbons (Fsp3) is 0.0769. The van der Waals surface area contributed by atoms with Crippen molar-refractivity contribution in [3.8, 4) is 0 Å². The van der Waals surface area contributed by atoms with E-state index in [0.717, 1.165) is 5.65 Å². The molecule has 0 radical (unpaired) electrons. The highest BCUT2D eigenvalue weighted by atomic mass is 35.5. The van der Waals surface area contributed by atoms with E-state index in [1.54, 1.807) is 12.2 Å². The van der Waals surface area contributed by atoms with Gasteiger partial charge in [-0.05, 0) is 18.2 Å². The summed E-state index contributed by atoms with van der Waals surface area (Å²) in [4.78, 5) is 15.6. The maximum absolute atomic E-state index is 11.4. The summed E-state index contributed by atoms with van der Waals surface area (Å²) in [6.45, 7) is 3.96. The molecule has 1 N–H and O–H groups in total. The molecule has 0 fully saturated rings. The largest absolute Gasteiger partial charge is 0.349 e. The molecule has 2 heterocycles. The van der Waals surface area contributed by atoms with Crippen LogP contribution in [0.25, 0.3) is 11.7 Å². The molecule has 1 amide bonds. The summed E-state index contributed by atoms with van der Waals surface area (Å²) in [5.41, 5.74) is 1.43. The van der Waals surface area contributed by atoms with E-state index in [1.165, 1.54) is 6.08 Å². The summed E-state index contributed by atoms with van der Waals surface area (Å²) >= 11 is 6.02. The first kappa shape index (κ1) is 12.4. The Morgan fingerprint density at radius 2 is 2.39 bits per heavy atom. The lowest BCUT2D eigenvalue weighted by atomic mass is 10.3. The first-order valence-corrected chi connectivity index (χ1v) is 5.79. The van der Waals surface area contributed by atoms with Crippen LogP contribution >= 0.6 is 11.6 Å². The van der Waals surface area contributed by atoms with Crippen LogP contribution in [0.2, 0.25) is 5.15 Å². The lowest BCUT2D eigenvalue weighted by Gasteiger charge is -1.97. The molecule has 0 bridgehead atoms. The van der Waals surface area contributed by atoms with Crippen LogP contribution in [0.5, 0.6) is 0 Å². The SMILES string of the molecule is C=CCNC(=O)/C=C/c1c(Cl)nc2ccccn12. The van der Waals surface area contributed by atoms with Crippen LogP contribution in [0.3, 0.4) is 0 Å². The van der Waals surface area contributed by atoms with E-state index >= 15 is 0 Å². The highest BCUT2D eigenvalue weighted by Gasteiger charge is 2.06. The summed E-state index contributed by atoms with van der Waals surface area (Å²) in [6, 6.07) is 5.60. The van der Waals surface area contributed by atoms with Gasteiger partial charge in [0.05, 0.1) is 5.69 Å². The van der Waals surface area contributed by atoms with Crippen molar-refractivity contribution in [2.45, 2.75) is 0 Å². The number of aromatic nitrogens is 2. The molecule has 0 aromatic carbocycles. The predicted molar refractivity (Wildman–Crippen MR) is 72.4 cm³/mol. The van der Waals surface area contributed by atoms with Crippen molar-refractivity contribution in [1.82, 2.24) is 14.7 Å². The number of amides is 1. The van der Waals surface area contributed by atoms with Gasteiger partial charge in [0.2, 0.25) is 5.91 Å². The van der Waals surface area contributed by atoms with Crippen LogP contribution in [-0.2, 0) is 4.79 Å². The zero-order chi connectivity index (χ0) is 13.0. The van der Waals surface area contributed by atoms with E-state index in [9.17, 15) is 4.79 Å². The predicted octanol–water partition coefficient (Wildman–Crippen LogP) is 2.30. The minimum Gasteiger partial charge on any atom is -0.349 e. The van der Waals surface area contributed by atoms with Crippen molar-refractivity contribution >= 4 is 29.2 Å². The second-order valence-electron chi connectivity index (χ2n) is 3.58. The van der Waals surface area contributed by atoms with E-state index in [2.05, 4.69) is 16.9 Å². The molecule has 2 aromatic rings. The number of carbonyl (C=O) groups is 1. The number of nitrogens with zero attached hydrogens (tertiary/aromatic N) is 2. The normalized spacial score (nSPS) is 10.9. The Labute approximate surface area is 110 Å². The van der Waals surface area contributed by atoms with Gasteiger partial charge in [0.25, 0.3) is 0 Å². The molecule has 0 spiro atoms. The van der Waals surface area contributed by atoms with Crippen LogP contribution in [0.15, 0.2) is 43.1 Å². The lowest BCUT2D eigenvalue weighted by molar-refractivity contribution is -0.116. The molecule has 0 aliphatic rings. The molecule has 0 saturated heterocycles. The number of nitrogens with one attached hydrogen (secondary N) is 1. The van der Waals surface area contributed by atoms with Crippen molar-refractivity contribution in [3.05, 3.63) is 54.0 Å². The van der Waals surface area contributed by atoms with Crippen molar-refractivity contribution < 1.29 is 4.79 Å². The maximum atomic E-state index is 11.4. The Bertz CT molecular complexity index is 616. The highest BCUT2D eigenvalue weighted by molar-refractivity contribution is 6.31. The molecule has 92 valence electrons. The Kier molecular flexibility index (Phi) is 3.79. The monoisotopic (exact) mass is 261 g/mol. The van der Waals surface area contributed by atoms with Gasteiger partial charge in [-0.3, -0.25) is 9.20 Å². The van der Waals surface area contributed by atoms with Gasteiger partial charge >= 0.3 is 0 Å². The van der Waals surface area contributed by atoms with E-state index in [-0.39, 0.29) is 5.91 Å². The average molecular weight is 262 g/mol. The Hall–Kier alpha value is -2.07. The number of pyridine rings is 1. The van der Waals surface area contributed by atoms with E-state index in [1.807, 2.05) is 28.8 Å². The van der Waals surface area contributed by atoms with Crippen LogP contribution in [0, 0.1) is 0 Å². The Morgan fingerprint density at radius 3 is 3.17 bits per heavy atom. The van der Waals surface area contributed by atoms with Gasteiger partial charge in [-0.25, -0.2) is 4.98 Å². The fourth-order valence-electron chi connectivity index (χ4n) is 1.52. The smallest absolute Gasteiger partial charge is 0.244 e. The second kappa shape index (κ2) is 5.51. The number of hydrogen-bond donors (Lipinski definition) is 1. The van der Waals surface area contributed by atoms with Gasteiger partial charge in [-0.2, -0.15) is 0 Å². The summed E-state index contributed by atoms with van der Waals surface area (Å²) < 4.78 is 1.82. The molecule has 0 aliphatic heterocycles. The van der Waals surface area contributed by atoms with Gasteiger partial charge in [-0.1, -0.05) is 23.7 Å². The summed E-state index contributed by atoms with van der Waals surface area (Å²) in [5.74, 6) is -0.197. The van der Waals surface area contributed by atoms with Gasteiger partial charge in [0.1, 0.15) is 5.65 Å². The Morgan fingerprint density at radius 1 is 1.56 bits per heavy atom. The number of halogens is 1. The first-order valence-electron chi connectivity index (χ1n) is 5.42. The standard InChI is InChI=1S/C13H12ClN3O/c1-2-8-15-12(18)7-6-10-13(14)16-11-5-3-4-9-17(10)11/h2-7,9H,1,8H2,(H,15,18)/b7-6+. The molecule has 2 aromatic heterocycles. The van der Waals surface area contributed by atoms with Crippen LogP contribution in [-0.4, -0.2) is 21.8 Å².